The quantitative estimate of drug-likeness (QED) is 0.102. The fraction of sp³-hybridized carbons (Fsp3) is 0.439. The molecule has 3 aromatic carbocycles. The molecule has 0 aliphatic rings. The first-order chi connectivity index (χ1) is 24.9. The van der Waals surface area contributed by atoms with E-state index in [2.05, 4.69) is 10.6 Å². The first kappa shape index (κ1) is 44.6. The van der Waals surface area contributed by atoms with Crippen molar-refractivity contribution < 1.29 is 38.6 Å². The fourth-order valence-electron chi connectivity index (χ4n) is 5.58. The van der Waals surface area contributed by atoms with Gasteiger partial charge >= 0.3 is 11.9 Å². The third-order valence-corrected chi connectivity index (χ3v) is 8.57. The highest BCUT2D eigenvalue weighted by Gasteiger charge is 2.42. The van der Waals surface area contributed by atoms with Crippen LogP contribution in [0.25, 0.3) is 0 Å². The van der Waals surface area contributed by atoms with Crippen molar-refractivity contribution in [2.24, 2.45) is 17.6 Å². The van der Waals surface area contributed by atoms with E-state index in [0.717, 1.165) is 16.7 Å². The van der Waals surface area contributed by atoms with Crippen molar-refractivity contribution in [2.75, 3.05) is 13.1 Å². The third kappa shape index (κ3) is 13.4. The number of hydrogen-bond acceptors (Lipinski definition) is 8. The molecule has 2 amide bonds. The topological polar surface area (TPSA) is 174 Å². The van der Waals surface area contributed by atoms with Crippen molar-refractivity contribution in [3.8, 4) is 0 Å². The number of ether oxygens (including phenoxy) is 2. The number of esters is 1. The van der Waals surface area contributed by atoms with Crippen molar-refractivity contribution in [1.82, 2.24) is 10.6 Å². The maximum absolute atomic E-state index is 12.7. The van der Waals surface area contributed by atoms with E-state index >= 15 is 0 Å². The Balaban J connectivity index is 0.000000367. The first-order valence-electron chi connectivity index (χ1n) is 17.7. The van der Waals surface area contributed by atoms with Crippen molar-refractivity contribution in [1.29, 1.82) is 0 Å². The predicted molar refractivity (Wildman–Crippen MR) is 205 cm³/mol. The van der Waals surface area contributed by atoms with Gasteiger partial charge < -0.3 is 30.9 Å². The predicted octanol–water partition coefficient (Wildman–Crippen LogP) is 5.96. The summed E-state index contributed by atoms with van der Waals surface area (Å²) in [7, 11) is 0. The van der Waals surface area contributed by atoms with Crippen LogP contribution in [0.2, 0.25) is 5.02 Å². The van der Waals surface area contributed by atoms with Gasteiger partial charge in [-0.15, -0.1) is 0 Å². The van der Waals surface area contributed by atoms with Gasteiger partial charge in [-0.1, -0.05) is 111 Å². The zero-order valence-corrected chi connectivity index (χ0v) is 32.7. The number of rotatable bonds is 16. The number of aryl methyl sites for hydroxylation is 1. The van der Waals surface area contributed by atoms with Gasteiger partial charge in [-0.25, -0.2) is 0 Å². The molecule has 288 valence electrons. The number of aliphatic carboxylic acids is 1. The molecule has 11 nitrogen and oxygen atoms in total. The Bertz CT molecular complexity index is 1670. The van der Waals surface area contributed by atoms with Gasteiger partial charge in [0.05, 0.1) is 30.2 Å². The lowest BCUT2D eigenvalue weighted by Gasteiger charge is -2.35. The molecular formula is C41H54ClN3O8. The zero-order chi connectivity index (χ0) is 39.9. The molecule has 0 aliphatic heterocycles. The number of Topliss-reactive ketones (excluding diaryl/α,β-unsaturated/α-hetero) is 1. The van der Waals surface area contributed by atoms with Crippen LogP contribution in [0.4, 0.5) is 0 Å². The van der Waals surface area contributed by atoms with Crippen molar-refractivity contribution in [2.45, 2.75) is 91.6 Å². The van der Waals surface area contributed by atoms with Gasteiger partial charge in [-0.3, -0.25) is 24.0 Å². The fourth-order valence-corrected chi connectivity index (χ4v) is 5.85. The number of nitrogens with one attached hydrogen (secondary N) is 2. The molecule has 4 atom stereocenters. The molecule has 1 unspecified atom stereocenters. The summed E-state index contributed by atoms with van der Waals surface area (Å²) < 4.78 is 11.8. The Morgan fingerprint density at radius 3 is 1.92 bits per heavy atom. The molecule has 0 radical (unpaired) electrons. The number of benzene rings is 3. The monoisotopic (exact) mass is 751 g/mol. The average molecular weight is 752 g/mol. The average Bonchev–Trinajstić information content (AvgIpc) is 3.11. The van der Waals surface area contributed by atoms with Gasteiger partial charge in [0.1, 0.15) is 6.54 Å². The number of ketones is 1. The summed E-state index contributed by atoms with van der Waals surface area (Å²) in [5, 5.41) is 14.3. The Labute approximate surface area is 318 Å². The van der Waals surface area contributed by atoms with Crippen LogP contribution in [-0.2, 0) is 39.0 Å². The van der Waals surface area contributed by atoms with Crippen molar-refractivity contribution in [3.05, 3.63) is 106 Å². The SMILES string of the molecule is CC[C@H](NC(=O)C(C)C)C(=O)C[C@H](C(=O)NCC(=O)O)[C@@H](C)OC(C)(C)C.Cc1ccc(C(OC(=O)CN)(c2ccccc2)c2ccccc2Cl)cc1. The van der Waals surface area contributed by atoms with Gasteiger partial charge in [0.2, 0.25) is 11.8 Å². The normalized spacial score (nSPS) is 14.0. The molecule has 0 fully saturated rings. The molecule has 0 aromatic heterocycles. The summed E-state index contributed by atoms with van der Waals surface area (Å²) in [6.45, 7) is 13.7. The lowest BCUT2D eigenvalue weighted by molar-refractivity contribution is -0.151. The Kier molecular flexibility index (Phi) is 17.3. The minimum Gasteiger partial charge on any atom is -0.480 e. The number of amides is 2. The number of halogens is 1. The summed E-state index contributed by atoms with van der Waals surface area (Å²) in [6.07, 6.45) is -0.365. The van der Waals surface area contributed by atoms with Gasteiger partial charge in [0.25, 0.3) is 0 Å². The highest BCUT2D eigenvalue weighted by atomic mass is 35.5. The molecular weight excluding hydrogens is 698 g/mol. The molecule has 12 heteroatoms. The molecule has 5 N–H and O–H groups in total. The second-order valence-corrected chi connectivity index (χ2v) is 14.4. The molecule has 0 saturated carbocycles. The largest absolute Gasteiger partial charge is 0.480 e. The number of carbonyl (C=O) groups is 5. The smallest absolute Gasteiger partial charge is 0.322 e. The summed E-state index contributed by atoms with van der Waals surface area (Å²) in [5.41, 5.74) is 7.27. The van der Waals surface area contributed by atoms with Crippen LogP contribution in [0.1, 0.15) is 83.6 Å². The van der Waals surface area contributed by atoms with Crippen molar-refractivity contribution >= 4 is 41.1 Å². The summed E-state index contributed by atoms with van der Waals surface area (Å²) in [6, 6.07) is 24.2. The molecule has 0 spiro atoms. The van der Waals surface area contributed by atoms with E-state index in [1.165, 1.54) is 0 Å². The maximum atomic E-state index is 12.7. The van der Waals surface area contributed by atoms with Crippen LogP contribution in [0.15, 0.2) is 78.9 Å². The second kappa shape index (κ2) is 20.6. The van der Waals surface area contributed by atoms with E-state index in [1.807, 2.05) is 100 Å². The van der Waals surface area contributed by atoms with Gasteiger partial charge in [0.15, 0.2) is 11.4 Å². The first-order valence-corrected chi connectivity index (χ1v) is 18.0. The lowest BCUT2D eigenvalue weighted by atomic mass is 9.79. The highest BCUT2D eigenvalue weighted by Crippen LogP contribution is 2.43. The van der Waals surface area contributed by atoms with E-state index in [1.54, 1.807) is 33.8 Å². The van der Waals surface area contributed by atoms with Crippen molar-refractivity contribution in [3.63, 3.8) is 0 Å². The maximum Gasteiger partial charge on any atom is 0.322 e. The Hall–Kier alpha value is -4.58. The molecule has 3 rings (SSSR count). The lowest BCUT2D eigenvalue weighted by Crippen LogP contribution is -2.47. The van der Waals surface area contributed by atoms with Gasteiger partial charge in [0, 0.05) is 34.1 Å². The van der Waals surface area contributed by atoms with E-state index in [4.69, 9.17) is 31.9 Å². The minimum atomic E-state index is -1.18. The number of carboxylic acid groups (broad SMARTS) is 1. The molecule has 0 saturated heterocycles. The zero-order valence-electron chi connectivity index (χ0n) is 31.9. The number of hydrogen-bond donors (Lipinski definition) is 4. The van der Waals surface area contributed by atoms with E-state index in [9.17, 15) is 24.0 Å². The van der Waals surface area contributed by atoms with E-state index in [-0.39, 0.29) is 30.6 Å². The molecule has 0 heterocycles. The van der Waals surface area contributed by atoms with Crippen LogP contribution in [0, 0.1) is 18.8 Å². The number of carbonyl (C=O) groups excluding carboxylic acids is 4. The standard InChI is InChI=1S/C22H20ClNO2.C19H34N2O6/c1-16-11-13-18(14-12-16)22(26-21(25)15-24,17-7-3-2-4-8-17)19-9-5-6-10-20(19)23;1-8-14(21-17(25)11(2)3)15(22)9-13(12(4)27-19(5,6)7)18(26)20-10-16(23)24/h2-14H,15,24H2,1H3;11-14H,8-10H2,1-7H3,(H,20,26)(H,21,25)(H,23,24)/t;12-,13+,14+/m.1/s1. The van der Waals surface area contributed by atoms with Gasteiger partial charge in [-0.05, 0) is 47.1 Å². The highest BCUT2D eigenvalue weighted by molar-refractivity contribution is 6.31. The second-order valence-electron chi connectivity index (χ2n) is 14.0. The summed E-state index contributed by atoms with van der Waals surface area (Å²) in [4.78, 5) is 60.1. The third-order valence-electron chi connectivity index (χ3n) is 8.24. The Morgan fingerprint density at radius 2 is 1.42 bits per heavy atom. The van der Waals surface area contributed by atoms with Gasteiger partial charge in [-0.2, -0.15) is 0 Å². The molecule has 53 heavy (non-hydrogen) atoms. The van der Waals surface area contributed by atoms with E-state index < -0.39 is 53.7 Å². The van der Waals surface area contributed by atoms with Crippen LogP contribution >= 0.6 is 11.6 Å². The molecule has 0 aliphatic carbocycles. The van der Waals surface area contributed by atoms with Crippen LogP contribution in [0.3, 0.4) is 0 Å². The molecule has 3 aromatic rings. The summed E-state index contributed by atoms with van der Waals surface area (Å²) in [5.74, 6) is -3.88. The minimum absolute atomic E-state index is 0.153. The van der Waals surface area contributed by atoms with Crippen LogP contribution in [-0.4, -0.2) is 65.5 Å². The van der Waals surface area contributed by atoms with E-state index in [0.29, 0.717) is 17.0 Å². The Morgan fingerprint density at radius 1 is 0.849 bits per heavy atom. The number of nitrogens with two attached hydrogens (primary N) is 1. The van der Waals surface area contributed by atoms with Crippen LogP contribution in [0.5, 0.6) is 0 Å². The van der Waals surface area contributed by atoms with Crippen LogP contribution < -0.4 is 16.4 Å². The number of carboxylic acids is 1. The molecule has 0 bridgehead atoms. The summed E-state index contributed by atoms with van der Waals surface area (Å²) >= 11 is 6.54.